The lowest BCUT2D eigenvalue weighted by Gasteiger charge is -2.41. The molecule has 0 atom stereocenters. The predicted octanol–water partition coefficient (Wildman–Crippen LogP) is 1.26. The van der Waals surface area contributed by atoms with Crippen molar-refractivity contribution >= 4 is 5.97 Å². The van der Waals surface area contributed by atoms with E-state index < -0.39 is 11.6 Å². The van der Waals surface area contributed by atoms with Crippen molar-refractivity contribution in [2.45, 2.75) is 38.7 Å². The van der Waals surface area contributed by atoms with Gasteiger partial charge in [-0.1, -0.05) is 13.8 Å². The van der Waals surface area contributed by atoms with Crippen molar-refractivity contribution in [1.29, 1.82) is 0 Å². The minimum Gasteiger partial charge on any atom is -0.481 e. The maximum absolute atomic E-state index is 10.6. The van der Waals surface area contributed by atoms with Gasteiger partial charge in [-0.3, -0.25) is 4.79 Å². The highest BCUT2D eigenvalue weighted by Crippen LogP contribution is 2.22. The Balaban J connectivity index is 2.19. The van der Waals surface area contributed by atoms with Crippen LogP contribution >= 0.6 is 0 Å². The Labute approximate surface area is 91.0 Å². The molecule has 4 heteroatoms. The monoisotopic (exact) mass is 215 g/mol. The zero-order chi connectivity index (χ0) is 11.3. The standard InChI is InChI=1S/C11H21NO3/c1-9(2)4-3-5-15-11(6-10(13)14)7-12-8-11/h9,12H,3-8H2,1-2H3,(H,13,14). The molecule has 0 aliphatic carbocycles. The van der Waals surface area contributed by atoms with Gasteiger partial charge < -0.3 is 15.2 Å². The van der Waals surface area contributed by atoms with Crippen LogP contribution in [0.5, 0.6) is 0 Å². The molecular formula is C11H21NO3. The second-order valence-electron chi connectivity index (χ2n) is 4.74. The lowest BCUT2D eigenvalue weighted by atomic mass is 9.92. The van der Waals surface area contributed by atoms with Crippen molar-refractivity contribution in [2.24, 2.45) is 5.92 Å². The number of carbonyl (C=O) groups is 1. The minimum atomic E-state index is -0.777. The molecule has 0 aromatic heterocycles. The molecule has 0 saturated carbocycles. The molecule has 1 heterocycles. The molecule has 0 aromatic rings. The fourth-order valence-electron chi connectivity index (χ4n) is 1.74. The highest BCUT2D eigenvalue weighted by molar-refractivity contribution is 5.68. The van der Waals surface area contributed by atoms with E-state index in [1.807, 2.05) is 0 Å². The SMILES string of the molecule is CC(C)CCCOC1(CC(=O)O)CNC1. The first-order valence-corrected chi connectivity index (χ1v) is 5.60. The Hall–Kier alpha value is -0.610. The number of hydrogen-bond acceptors (Lipinski definition) is 3. The van der Waals surface area contributed by atoms with Crippen LogP contribution < -0.4 is 5.32 Å². The van der Waals surface area contributed by atoms with Crippen molar-refractivity contribution in [2.75, 3.05) is 19.7 Å². The van der Waals surface area contributed by atoms with E-state index >= 15 is 0 Å². The highest BCUT2D eigenvalue weighted by atomic mass is 16.5. The molecule has 1 fully saturated rings. The molecule has 0 spiro atoms. The van der Waals surface area contributed by atoms with E-state index in [1.165, 1.54) is 0 Å². The number of hydrogen-bond donors (Lipinski definition) is 2. The molecule has 1 saturated heterocycles. The van der Waals surface area contributed by atoms with Crippen LogP contribution in [0.25, 0.3) is 0 Å². The van der Waals surface area contributed by atoms with Crippen LogP contribution in [0.1, 0.15) is 33.1 Å². The van der Waals surface area contributed by atoms with E-state index in [4.69, 9.17) is 9.84 Å². The lowest BCUT2D eigenvalue weighted by Crippen LogP contribution is -2.62. The Kier molecular flexibility index (Phi) is 4.54. The van der Waals surface area contributed by atoms with Crippen molar-refractivity contribution < 1.29 is 14.6 Å². The number of carboxylic acids is 1. The molecule has 88 valence electrons. The average molecular weight is 215 g/mol. The number of aliphatic carboxylic acids is 1. The van der Waals surface area contributed by atoms with Crippen LogP contribution in [-0.2, 0) is 9.53 Å². The van der Waals surface area contributed by atoms with Gasteiger partial charge in [0.25, 0.3) is 0 Å². The third kappa shape index (κ3) is 4.18. The van der Waals surface area contributed by atoms with Gasteiger partial charge in [0.1, 0.15) is 5.60 Å². The van der Waals surface area contributed by atoms with Crippen LogP contribution in [0.3, 0.4) is 0 Å². The molecule has 0 amide bonds. The van der Waals surface area contributed by atoms with Gasteiger partial charge in [-0.2, -0.15) is 0 Å². The second kappa shape index (κ2) is 5.47. The topological polar surface area (TPSA) is 58.6 Å². The minimum absolute atomic E-state index is 0.113. The third-order valence-electron chi connectivity index (χ3n) is 2.70. The Morgan fingerprint density at radius 1 is 1.53 bits per heavy atom. The molecule has 0 bridgehead atoms. The Bertz CT molecular complexity index is 212. The van der Waals surface area contributed by atoms with Gasteiger partial charge in [-0.05, 0) is 18.8 Å². The van der Waals surface area contributed by atoms with Crippen LogP contribution in [0, 0.1) is 5.92 Å². The van der Waals surface area contributed by atoms with Gasteiger partial charge in [0, 0.05) is 19.7 Å². The van der Waals surface area contributed by atoms with Crippen LogP contribution in [0.2, 0.25) is 0 Å². The van der Waals surface area contributed by atoms with Gasteiger partial charge in [-0.15, -0.1) is 0 Å². The predicted molar refractivity (Wildman–Crippen MR) is 57.9 cm³/mol. The van der Waals surface area contributed by atoms with Crippen molar-refractivity contribution in [3.63, 3.8) is 0 Å². The summed E-state index contributed by atoms with van der Waals surface area (Å²) in [4.78, 5) is 10.6. The summed E-state index contributed by atoms with van der Waals surface area (Å²) in [6.45, 7) is 6.37. The van der Waals surface area contributed by atoms with Crippen molar-refractivity contribution in [1.82, 2.24) is 5.32 Å². The number of ether oxygens (including phenoxy) is 1. The highest BCUT2D eigenvalue weighted by Gasteiger charge is 2.39. The summed E-state index contributed by atoms with van der Waals surface area (Å²) >= 11 is 0. The molecule has 1 aliphatic heterocycles. The Morgan fingerprint density at radius 3 is 2.60 bits per heavy atom. The molecule has 2 N–H and O–H groups in total. The van der Waals surface area contributed by atoms with E-state index in [2.05, 4.69) is 19.2 Å². The normalized spacial score (nSPS) is 18.9. The summed E-state index contributed by atoms with van der Waals surface area (Å²) in [6.07, 6.45) is 2.26. The van der Waals surface area contributed by atoms with Crippen molar-refractivity contribution in [3.8, 4) is 0 Å². The fourth-order valence-corrected chi connectivity index (χ4v) is 1.74. The van der Waals surface area contributed by atoms with Gasteiger partial charge in [0.05, 0.1) is 6.42 Å². The van der Waals surface area contributed by atoms with E-state index in [9.17, 15) is 4.79 Å². The first-order chi connectivity index (χ1) is 7.04. The summed E-state index contributed by atoms with van der Waals surface area (Å²) in [6, 6.07) is 0. The second-order valence-corrected chi connectivity index (χ2v) is 4.74. The van der Waals surface area contributed by atoms with Gasteiger partial charge in [-0.25, -0.2) is 0 Å². The van der Waals surface area contributed by atoms with Gasteiger partial charge in [0.15, 0.2) is 0 Å². The largest absolute Gasteiger partial charge is 0.481 e. The maximum atomic E-state index is 10.6. The van der Waals surface area contributed by atoms with Gasteiger partial charge in [0.2, 0.25) is 0 Å². The summed E-state index contributed by atoms with van der Waals surface area (Å²) in [7, 11) is 0. The smallest absolute Gasteiger partial charge is 0.306 e. The van der Waals surface area contributed by atoms with E-state index in [0.717, 1.165) is 12.8 Å². The molecule has 0 aromatic carbocycles. The maximum Gasteiger partial charge on any atom is 0.306 e. The van der Waals surface area contributed by atoms with E-state index in [0.29, 0.717) is 25.6 Å². The summed E-state index contributed by atoms with van der Waals surface area (Å²) < 4.78 is 5.68. The van der Waals surface area contributed by atoms with Crippen LogP contribution in [0.4, 0.5) is 0 Å². The molecule has 1 rings (SSSR count). The number of rotatable bonds is 7. The molecule has 15 heavy (non-hydrogen) atoms. The molecule has 0 radical (unpaired) electrons. The molecule has 4 nitrogen and oxygen atoms in total. The Morgan fingerprint density at radius 2 is 2.20 bits per heavy atom. The summed E-state index contributed by atoms with van der Waals surface area (Å²) in [5.74, 6) is -0.0936. The number of nitrogens with one attached hydrogen (secondary N) is 1. The lowest BCUT2D eigenvalue weighted by molar-refractivity contribution is -0.150. The average Bonchev–Trinajstić information content (AvgIpc) is 2.06. The van der Waals surface area contributed by atoms with Crippen LogP contribution in [-0.4, -0.2) is 36.4 Å². The zero-order valence-corrected chi connectivity index (χ0v) is 9.58. The van der Waals surface area contributed by atoms with Crippen LogP contribution in [0.15, 0.2) is 0 Å². The zero-order valence-electron chi connectivity index (χ0n) is 9.58. The number of carboxylic acid groups (broad SMARTS) is 1. The first kappa shape index (κ1) is 12.5. The first-order valence-electron chi connectivity index (χ1n) is 5.60. The van der Waals surface area contributed by atoms with E-state index in [-0.39, 0.29) is 6.42 Å². The van der Waals surface area contributed by atoms with E-state index in [1.54, 1.807) is 0 Å². The third-order valence-corrected chi connectivity index (χ3v) is 2.70. The molecule has 0 unspecified atom stereocenters. The molecule has 1 aliphatic rings. The van der Waals surface area contributed by atoms with Crippen molar-refractivity contribution in [3.05, 3.63) is 0 Å². The van der Waals surface area contributed by atoms with Gasteiger partial charge >= 0.3 is 5.97 Å². The summed E-state index contributed by atoms with van der Waals surface area (Å²) in [5, 5.41) is 11.8. The quantitative estimate of drug-likeness (QED) is 0.628. The summed E-state index contributed by atoms with van der Waals surface area (Å²) in [5.41, 5.74) is -0.428. The molecular weight excluding hydrogens is 194 g/mol. The fraction of sp³-hybridized carbons (Fsp3) is 0.909.